The fourth-order valence-corrected chi connectivity index (χ4v) is 1.98. The van der Waals surface area contributed by atoms with Crippen molar-refractivity contribution >= 4 is 15.9 Å². The molecule has 0 atom stereocenters. The average Bonchev–Trinajstić information content (AvgIpc) is 2.71. The van der Waals surface area contributed by atoms with Crippen LogP contribution in [0.4, 0.5) is 0 Å². The van der Waals surface area contributed by atoms with Crippen molar-refractivity contribution in [1.82, 2.24) is 9.55 Å². The van der Waals surface area contributed by atoms with Crippen molar-refractivity contribution in [3.63, 3.8) is 0 Å². The lowest BCUT2D eigenvalue weighted by atomic mass is 10.2. The fraction of sp³-hybridized carbons (Fsp3) is 0.100. The van der Waals surface area contributed by atoms with Crippen LogP contribution in [0.3, 0.4) is 0 Å². The lowest BCUT2D eigenvalue weighted by molar-refractivity contribution is 0.124. The van der Waals surface area contributed by atoms with Gasteiger partial charge in [0.25, 0.3) is 0 Å². The van der Waals surface area contributed by atoms with Gasteiger partial charge in [0.05, 0.1) is 18.6 Å². The van der Waals surface area contributed by atoms with Crippen molar-refractivity contribution in [3.8, 4) is 5.69 Å². The number of hydrogen-bond donors (Lipinski definition) is 1. The van der Waals surface area contributed by atoms with Gasteiger partial charge in [0.2, 0.25) is 0 Å². The van der Waals surface area contributed by atoms with E-state index < -0.39 is 0 Å². The molecule has 1 aromatic heterocycles. The molecule has 2 rings (SSSR count). The van der Waals surface area contributed by atoms with Gasteiger partial charge in [0.1, 0.15) is 0 Å². The van der Waals surface area contributed by atoms with E-state index in [0.29, 0.717) is 6.61 Å². The van der Waals surface area contributed by atoms with E-state index in [2.05, 4.69) is 25.8 Å². The molecule has 2 aromatic rings. The van der Waals surface area contributed by atoms with Crippen molar-refractivity contribution in [2.75, 3.05) is 0 Å². The predicted molar refractivity (Wildman–Crippen MR) is 60.2 cm³/mol. The molecule has 1 aromatic carbocycles. The summed E-state index contributed by atoms with van der Waals surface area (Å²) >= 11 is 3.49. The highest BCUT2D eigenvalue weighted by Gasteiger charge is 2.02. The second-order valence-corrected chi connectivity index (χ2v) is 3.92. The van der Waals surface area contributed by atoms with Crippen LogP contribution < -0.4 is 5.90 Å². The Balaban J connectivity index is 2.35. The molecule has 5 heteroatoms. The van der Waals surface area contributed by atoms with Gasteiger partial charge >= 0.3 is 0 Å². The van der Waals surface area contributed by atoms with E-state index in [0.717, 1.165) is 15.7 Å². The second-order valence-electron chi connectivity index (χ2n) is 3.07. The van der Waals surface area contributed by atoms with Crippen LogP contribution in [0.1, 0.15) is 5.56 Å². The van der Waals surface area contributed by atoms with Crippen LogP contribution in [0.2, 0.25) is 0 Å². The number of halogens is 1. The quantitative estimate of drug-likeness (QED) is 0.866. The van der Waals surface area contributed by atoms with Crippen LogP contribution in [0, 0.1) is 0 Å². The first-order chi connectivity index (χ1) is 7.31. The molecular weight excluding hydrogens is 258 g/mol. The highest BCUT2D eigenvalue weighted by molar-refractivity contribution is 9.10. The summed E-state index contributed by atoms with van der Waals surface area (Å²) in [7, 11) is 0. The molecule has 0 saturated carbocycles. The highest BCUT2D eigenvalue weighted by atomic mass is 79.9. The first-order valence-corrected chi connectivity index (χ1v) is 5.19. The molecule has 0 spiro atoms. The lowest BCUT2D eigenvalue weighted by Gasteiger charge is -2.07. The van der Waals surface area contributed by atoms with E-state index in [1.165, 1.54) is 0 Å². The summed E-state index contributed by atoms with van der Waals surface area (Å²) in [5.41, 5.74) is 2.06. The molecule has 0 amide bonds. The Labute approximate surface area is 95.8 Å². The maximum absolute atomic E-state index is 5.01. The van der Waals surface area contributed by atoms with Gasteiger partial charge in [-0.2, -0.15) is 0 Å². The van der Waals surface area contributed by atoms with Crippen molar-refractivity contribution < 1.29 is 4.84 Å². The van der Waals surface area contributed by atoms with Crippen LogP contribution in [0.5, 0.6) is 0 Å². The number of benzene rings is 1. The molecule has 4 nitrogen and oxygen atoms in total. The molecule has 1 heterocycles. The van der Waals surface area contributed by atoms with Crippen LogP contribution in [0.15, 0.2) is 41.4 Å². The van der Waals surface area contributed by atoms with E-state index in [1.54, 1.807) is 12.5 Å². The van der Waals surface area contributed by atoms with Crippen LogP contribution >= 0.6 is 15.9 Å². The maximum Gasteiger partial charge on any atom is 0.0992 e. The summed E-state index contributed by atoms with van der Waals surface area (Å²) in [6.07, 6.45) is 5.38. The minimum Gasteiger partial charge on any atom is -0.305 e. The Bertz CT molecular complexity index is 442. The molecule has 0 aliphatic rings. The summed E-state index contributed by atoms with van der Waals surface area (Å²) in [5.74, 6) is 5.01. The summed E-state index contributed by atoms with van der Waals surface area (Å²) in [5, 5.41) is 0. The lowest BCUT2D eigenvalue weighted by Crippen LogP contribution is -2.00. The monoisotopic (exact) mass is 267 g/mol. The first-order valence-electron chi connectivity index (χ1n) is 4.39. The molecule has 0 aliphatic heterocycles. The normalized spacial score (nSPS) is 10.5. The summed E-state index contributed by atoms with van der Waals surface area (Å²) in [6.45, 7) is 0.406. The van der Waals surface area contributed by atoms with Gasteiger partial charge in [-0.05, 0) is 33.6 Å². The molecule has 0 radical (unpaired) electrons. The van der Waals surface area contributed by atoms with Gasteiger partial charge in [0.15, 0.2) is 0 Å². The third kappa shape index (κ3) is 2.26. The van der Waals surface area contributed by atoms with E-state index in [1.807, 2.05) is 29.0 Å². The van der Waals surface area contributed by atoms with Crippen LogP contribution in [-0.2, 0) is 11.4 Å². The summed E-state index contributed by atoms with van der Waals surface area (Å²) < 4.78 is 2.91. The molecule has 2 N–H and O–H groups in total. The van der Waals surface area contributed by atoms with Crippen LogP contribution in [-0.4, -0.2) is 9.55 Å². The van der Waals surface area contributed by atoms with Crippen molar-refractivity contribution in [1.29, 1.82) is 0 Å². The number of aromatic nitrogens is 2. The Morgan fingerprint density at radius 3 is 2.93 bits per heavy atom. The topological polar surface area (TPSA) is 53.1 Å². The zero-order valence-electron chi connectivity index (χ0n) is 7.93. The molecule has 0 aliphatic carbocycles. The molecule has 15 heavy (non-hydrogen) atoms. The number of nitrogens with two attached hydrogens (primary N) is 1. The predicted octanol–water partition coefficient (Wildman–Crippen LogP) is 2.03. The third-order valence-electron chi connectivity index (χ3n) is 2.04. The largest absolute Gasteiger partial charge is 0.305 e. The minimum absolute atomic E-state index is 0.406. The molecular formula is C10H10BrN3O. The zero-order valence-corrected chi connectivity index (χ0v) is 9.52. The zero-order chi connectivity index (χ0) is 10.7. The highest BCUT2D eigenvalue weighted by Crippen LogP contribution is 2.22. The Morgan fingerprint density at radius 2 is 2.33 bits per heavy atom. The van der Waals surface area contributed by atoms with E-state index in [4.69, 9.17) is 5.90 Å². The Hall–Kier alpha value is -1.17. The fourth-order valence-electron chi connectivity index (χ4n) is 1.35. The Kier molecular flexibility index (Phi) is 3.15. The Morgan fingerprint density at radius 1 is 1.47 bits per heavy atom. The van der Waals surface area contributed by atoms with Gasteiger partial charge in [-0.1, -0.05) is 6.07 Å². The van der Waals surface area contributed by atoms with Crippen molar-refractivity contribution in [2.45, 2.75) is 6.61 Å². The summed E-state index contributed by atoms with van der Waals surface area (Å²) in [6, 6.07) is 5.93. The SMILES string of the molecule is NOCc1ccc(-n2ccnc2)c(Br)c1. The third-order valence-corrected chi connectivity index (χ3v) is 2.68. The molecule has 0 fully saturated rings. The molecule has 78 valence electrons. The number of nitrogens with zero attached hydrogens (tertiary/aromatic N) is 2. The molecule has 0 unspecified atom stereocenters. The smallest absolute Gasteiger partial charge is 0.0992 e. The summed E-state index contributed by atoms with van der Waals surface area (Å²) in [4.78, 5) is 8.57. The van der Waals surface area contributed by atoms with Gasteiger partial charge in [0, 0.05) is 16.9 Å². The van der Waals surface area contributed by atoms with Crippen LogP contribution in [0.25, 0.3) is 5.69 Å². The second kappa shape index (κ2) is 4.57. The van der Waals surface area contributed by atoms with Gasteiger partial charge in [-0.25, -0.2) is 10.9 Å². The average molecular weight is 268 g/mol. The van der Waals surface area contributed by atoms with Crippen molar-refractivity contribution in [2.24, 2.45) is 5.90 Å². The maximum atomic E-state index is 5.01. The van der Waals surface area contributed by atoms with Gasteiger partial charge < -0.3 is 4.57 Å². The number of hydrogen-bond acceptors (Lipinski definition) is 3. The number of imidazole rings is 1. The van der Waals surface area contributed by atoms with E-state index in [-0.39, 0.29) is 0 Å². The minimum atomic E-state index is 0.406. The molecule has 0 bridgehead atoms. The van der Waals surface area contributed by atoms with E-state index >= 15 is 0 Å². The first kappa shape index (κ1) is 10.4. The number of rotatable bonds is 3. The van der Waals surface area contributed by atoms with Gasteiger partial charge in [-0.3, -0.25) is 4.84 Å². The standard InChI is InChI=1S/C10H10BrN3O/c11-9-5-8(6-15-12)1-2-10(9)14-4-3-13-7-14/h1-5,7H,6,12H2. The van der Waals surface area contributed by atoms with Gasteiger partial charge in [-0.15, -0.1) is 0 Å². The van der Waals surface area contributed by atoms with Crippen molar-refractivity contribution in [3.05, 3.63) is 47.0 Å². The molecule has 0 saturated heterocycles. The van der Waals surface area contributed by atoms with E-state index in [9.17, 15) is 0 Å².